The van der Waals surface area contributed by atoms with Crippen molar-refractivity contribution < 1.29 is 0 Å². The smallest absolute Gasteiger partial charge is 0.0246 e. The van der Waals surface area contributed by atoms with Crippen molar-refractivity contribution in [3.05, 3.63) is 35.7 Å². The molecule has 0 saturated heterocycles. The van der Waals surface area contributed by atoms with E-state index in [0.717, 1.165) is 0 Å². The van der Waals surface area contributed by atoms with Crippen molar-refractivity contribution in [2.75, 3.05) is 7.05 Å². The third kappa shape index (κ3) is 1.52. The van der Waals surface area contributed by atoms with Crippen LogP contribution in [0.25, 0.3) is 0 Å². The quantitative estimate of drug-likeness (QED) is 0.565. The molecule has 0 aromatic rings. The summed E-state index contributed by atoms with van der Waals surface area (Å²) in [7, 11) is 2.13. The van der Waals surface area contributed by atoms with Gasteiger partial charge in [0.15, 0.2) is 0 Å². The molecule has 2 rings (SSSR count). The maximum absolute atomic E-state index is 2.39. The Bertz CT molecular complexity index is 326. The fourth-order valence-electron chi connectivity index (χ4n) is 2.08. The lowest BCUT2D eigenvalue weighted by atomic mass is 9.81. The third-order valence-corrected chi connectivity index (χ3v) is 3.09. The Labute approximate surface area is 86.8 Å². The van der Waals surface area contributed by atoms with Gasteiger partial charge in [0.05, 0.1) is 0 Å². The zero-order valence-corrected chi connectivity index (χ0v) is 9.54. The molecule has 1 aliphatic heterocycles. The molecule has 0 saturated carbocycles. The first-order chi connectivity index (χ1) is 6.48. The summed E-state index contributed by atoms with van der Waals surface area (Å²) in [4.78, 5) is 2.24. The summed E-state index contributed by atoms with van der Waals surface area (Å²) in [6, 6.07) is 0. The van der Waals surface area contributed by atoms with E-state index in [4.69, 9.17) is 0 Å². The van der Waals surface area contributed by atoms with Crippen LogP contribution in [0.15, 0.2) is 35.7 Å². The van der Waals surface area contributed by atoms with E-state index in [-0.39, 0.29) is 5.41 Å². The summed E-state index contributed by atoms with van der Waals surface area (Å²) in [5, 5.41) is 0. The molecular weight excluding hydrogens is 170 g/mol. The van der Waals surface area contributed by atoms with Gasteiger partial charge in [0.2, 0.25) is 0 Å². The average Bonchev–Trinajstić information content (AvgIpc) is 2.46. The first-order valence-electron chi connectivity index (χ1n) is 5.32. The molecule has 1 unspecified atom stereocenters. The first kappa shape index (κ1) is 9.57. The second kappa shape index (κ2) is 3.01. The maximum atomic E-state index is 2.39. The summed E-state index contributed by atoms with van der Waals surface area (Å²) < 4.78 is 0. The Hall–Kier alpha value is -0.980. The molecule has 1 nitrogen and oxygen atoms in total. The fourth-order valence-corrected chi connectivity index (χ4v) is 2.08. The van der Waals surface area contributed by atoms with Crippen LogP contribution in [-0.2, 0) is 0 Å². The van der Waals surface area contributed by atoms with Gasteiger partial charge in [0.1, 0.15) is 0 Å². The fraction of sp³-hybridized carbons (Fsp3) is 0.538. The van der Waals surface area contributed by atoms with Crippen molar-refractivity contribution in [3.63, 3.8) is 0 Å². The van der Waals surface area contributed by atoms with E-state index in [2.05, 4.69) is 57.1 Å². The van der Waals surface area contributed by atoms with Crippen LogP contribution in [0.4, 0.5) is 0 Å². The van der Waals surface area contributed by atoms with E-state index in [9.17, 15) is 0 Å². The Morgan fingerprint density at radius 1 is 1.36 bits per heavy atom. The molecule has 2 aliphatic rings. The minimum Gasteiger partial charge on any atom is -0.354 e. The summed E-state index contributed by atoms with van der Waals surface area (Å²) in [6.07, 6.45) is 10.4. The van der Waals surface area contributed by atoms with Crippen LogP contribution < -0.4 is 0 Å². The molecule has 1 aliphatic carbocycles. The molecule has 0 amide bonds. The highest BCUT2D eigenvalue weighted by atomic mass is 15.1. The summed E-state index contributed by atoms with van der Waals surface area (Å²) in [5.74, 6) is 0.631. The van der Waals surface area contributed by atoms with Crippen LogP contribution in [0.5, 0.6) is 0 Å². The van der Waals surface area contributed by atoms with Crippen LogP contribution in [-0.4, -0.2) is 11.9 Å². The van der Waals surface area contributed by atoms with E-state index in [0.29, 0.717) is 5.92 Å². The summed E-state index contributed by atoms with van der Waals surface area (Å²) in [5.41, 5.74) is 3.21. The van der Waals surface area contributed by atoms with E-state index in [1.165, 1.54) is 17.7 Å². The van der Waals surface area contributed by atoms with Gasteiger partial charge in [-0.15, -0.1) is 0 Å². The first-order valence-corrected chi connectivity index (χ1v) is 5.32. The second-order valence-corrected chi connectivity index (χ2v) is 5.27. The molecule has 0 fully saturated rings. The normalized spacial score (nSPS) is 26.0. The van der Waals surface area contributed by atoms with Gasteiger partial charge in [-0.25, -0.2) is 0 Å². The highest BCUT2D eigenvalue weighted by Crippen LogP contribution is 2.37. The van der Waals surface area contributed by atoms with Crippen molar-refractivity contribution in [1.82, 2.24) is 4.90 Å². The molecule has 0 aromatic carbocycles. The Balaban J connectivity index is 2.28. The third-order valence-electron chi connectivity index (χ3n) is 3.09. The van der Waals surface area contributed by atoms with Gasteiger partial charge in [-0.3, -0.25) is 0 Å². The predicted molar refractivity (Wildman–Crippen MR) is 60.6 cm³/mol. The SMILES string of the molecule is CN1C=CC2CC=C(C(C)(C)C)C=C21. The standard InChI is InChI=1S/C13H19N/c1-13(2,3)11-6-5-10-7-8-14(4)12(10)9-11/h6-10H,5H2,1-4H3. The number of nitrogens with zero attached hydrogens (tertiary/aromatic N) is 1. The van der Waals surface area contributed by atoms with Gasteiger partial charge in [-0.2, -0.15) is 0 Å². The molecule has 0 bridgehead atoms. The van der Waals surface area contributed by atoms with Crippen LogP contribution >= 0.6 is 0 Å². The van der Waals surface area contributed by atoms with Gasteiger partial charge in [0, 0.05) is 24.9 Å². The van der Waals surface area contributed by atoms with Crippen molar-refractivity contribution in [2.45, 2.75) is 27.2 Å². The molecule has 1 atom stereocenters. The highest BCUT2D eigenvalue weighted by Gasteiger charge is 2.26. The van der Waals surface area contributed by atoms with Crippen molar-refractivity contribution in [3.8, 4) is 0 Å². The minimum absolute atomic E-state index is 0.279. The zero-order valence-electron chi connectivity index (χ0n) is 9.54. The monoisotopic (exact) mass is 189 g/mol. The summed E-state index contributed by atoms with van der Waals surface area (Å²) >= 11 is 0. The number of rotatable bonds is 0. The minimum atomic E-state index is 0.279. The Kier molecular flexibility index (Phi) is 2.06. The molecule has 14 heavy (non-hydrogen) atoms. The lowest BCUT2D eigenvalue weighted by Crippen LogP contribution is -2.17. The van der Waals surface area contributed by atoms with E-state index in [1.54, 1.807) is 0 Å². The van der Waals surface area contributed by atoms with E-state index < -0.39 is 0 Å². The van der Waals surface area contributed by atoms with Gasteiger partial charge in [-0.05, 0) is 23.5 Å². The van der Waals surface area contributed by atoms with Crippen molar-refractivity contribution in [1.29, 1.82) is 0 Å². The van der Waals surface area contributed by atoms with Crippen molar-refractivity contribution >= 4 is 0 Å². The van der Waals surface area contributed by atoms with Crippen LogP contribution in [0.2, 0.25) is 0 Å². The molecule has 76 valence electrons. The van der Waals surface area contributed by atoms with E-state index in [1.807, 2.05) is 0 Å². The number of hydrogen-bond acceptors (Lipinski definition) is 1. The van der Waals surface area contributed by atoms with E-state index >= 15 is 0 Å². The maximum Gasteiger partial charge on any atom is 0.0246 e. The van der Waals surface area contributed by atoms with Gasteiger partial charge in [0.25, 0.3) is 0 Å². The molecule has 1 heteroatoms. The predicted octanol–water partition coefficient (Wildman–Crippen LogP) is 3.32. The largest absolute Gasteiger partial charge is 0.354 e. The van der Waals surface area contributed by atoms with Gasteiger partial charge < -0.3 is 4.90 Å². The van der Waals surface area contributed by atoms with Crippen LogP contribution in [0.1, 0.15) is 27.2 Å². The zero-order chi connectivity index (χ0) is 10.3. The second-order valence-electron chi connectivity index (χ2n) is 5.27. The van der Waals surface area contributed by atoms with Crippen molar-refractivity contribution in [2.24, 2.45) is 11.3 Å². The molecule has 0 radical (unpaired) electrons. The number of fused-ring (bicyclic) bond motifs is 1. The summed E-state index contributed by atoms with van der Waals surface area (Å²) in [6.45, 7) is 6.83. The topological polar surface area (TPSA) is 3.24 Å². The molecule has 0 aromatic heterocycles. The number of allylic oxidation sites excluding steroid dienone is 4. The Morgan fingerprint density at radius 2 is 2.07 bits per heavy atom. The average molecular weight is 189 g/mol. The molecule has 1 heterocycles. The lowest BCUT2D eigenvalue weighted by molar-refractivity contribution is 0.484. The van der Waals surface area contributed by atoms with Gasteiger partial charge in [-0.1, -0.05) is 32.9 Å². The Morgan fingerprint density at radius 3 is 2.71 bits per heavy atom. The number of hydrogen-bond donors (Lipinski definition) is 0. The molecule has 0 spiro atoms. The van der Waals surface area contributed by atoms with Gasteiger partial charge >= 0.3 is 0 Å². The lowest BCUT2D eigenvalue weighted by Gasteiger charge is -2.28. The molecule has 0 N–H and O–H groups in total. The highest BCUT2D eigenvalue weighted by molar-refractivity contribution is 5.37. The van der Waals surface area contributed by atoms with Crippen LogP contribution in [0.3, 0.4) is 0 Å². The van der Waals surface area contributed by atoms with Crippen LogP contribution in [0, 0.1) is 11.3 Å². The molecular formula is C13H19N.